The molecule has 1 aromatic carbocycles. The lowest BCUT2D eigenvalue weighted by molar-refractivity contribution is 0.628. The molecular weight excluding hydrogens is 313 g/mol. The maximum Gasteiger partial charge on any atom is 0.131 e. The molecule has 0 saturated carbocycles. The SMILES string of the molecule is CCC(C)c1cc(-c2ccc(F)cc2)nn1-c1ccnc(Cl)c1. The third kappa shape index (κ3) is 3.27. The number of halogens is 2. The van der Waals surface area contributed by atoms with Crippen LogP contribution >= 0.6 is 11.6 Å². The number of benzene rings is 1. The van der Waals surface area contributed by atoms with Crippen LogP contribution in [0.25, 0.3) is 16.9 Å². The maximum atomic E-state index is 13.1. The summed E-state index contributed by atoms with van der Waals surface area (Å²) in [4.78, 5) is 4.02. The molecule has 0 fully saturated rings. The van der Waals surface area contributed by atoms with Crippen LogP contribution in [0.5, 0.6) is 0 Å². The molecule has 0 radical (unpaired) electrons. The highest BCUT2D eigenvalue weighted by Gasteiger charge is 2.16. The van der Waals surface area contributed by atoms with Crippen LogP contribution in [-0.4, -0.2) is 14.8 Å². The van der Waals surface area contributed by atoms with Crippen molar-refractivity contribution in [3.63, 3.8) is 0 Å². The zero-order chi connectivity index (χ0) is 16.4. The highest BCUT2D eigenvalue weighted by atomic mass is 35.5. The van der Waals surface area contributed by atoms with Crippen molar-refractivity contribution in [2.45, 2.75) is 26.2 Å². The van der Waals surface area contributed by atoms with Gasteiger partial charge in [-0.2, -0.15) is 5.10 Å². The zero-order valence-corrected chi connectivity index (χ0v) is 13.8. The molecule has 0 spiro atoms. The van der Waals surface area contributed by atoms with E-state index >= 15 is 0 Å². The van der Waals surface area contributed by atoms with E-state index in [9.17, 15) is 4.39 Å². The lowest BCUT2D eigenvalue weighted by atomic mass is 10.0. The molecule has 3 nitrogen and oxygen atoms in total. The van der Waals surface area contributed by atoms with E-state index in [1.54, 1.807) is 24.4 Å². The fourth-order valence-corrected chi connectivity index (χ4v) is 2.62. The Balaban J connectivity index is 2.12. The predicted octanol–water partition coefficient (Wildman–Crippen LogP) is 5.24. The highest BCUT2D eigenvalue weighted by Crippen LogP contribution is 2.28. The number of aromatic nitrogens is 3. The second kappa shape index (κ2) is 6.50. The van der Waals surface area contributed by atoms with Crippen molar-refractivity contribution in [1.82, 2.24) is 14.8 Å². The second-order valence-corrected chi connectivity index (χ2v) is 5.91. The van der Waals surface area contributed by atoms with E-state index in [4.69, 9.17) is 16.7 Å². The smallest absolute Gasteiger partial charge is 0.131 e. The van der Waals surface area contributed by atoms with Crippen molar-refractivity contribution in [3.8, 4) is 16.9 Å². The van der Waals surface area contributed by atoms with Crippen LogP contribution < -0.4 is 0 Å². The summed E-state index contributed by atoms with van der Waals surface area (Å²) in [5, 5.41) is 5.13. The Hall–Kier alpha value is -2.20. The predicted molar refractivity (Wildman–Crippen MR) is 90.5 cm³/mol. The number of hydrogen-bond donors (Lipinski definition) is 0. The minimum absolute atomic E-state index is 0.253. The Labute approximate surface area is 139 Å². The molecule has 1 unspecified atom stereocenters. The molecule has 0 aliphatic carbocycles. The van der Waals surface area contributed by atoms with Gasteiger partial charge in [0, 0.05) is 23.5 Å². The molecule has 2 heterocycles. The second-order valence-electron chi connectivity index (χ2n) is 5.52. The largest absolute Gasteiger partial charge is 0.244 e. The van der Waals surface area contributed by atoms with Gasteiger partial charge in [0.1, 0.15) is 11.0 Å². The molecule has 2 aromatic heterocycles. The number of nitrogens with zero attached hydrogens (tertiary/aromatic N) is 3. The molecule has 0 bridgehead atoms. The molecule has 0 aliphatic heterocycles. The van der Waals surface area contributed by atoms with Crippen molar-refractivity contribution in [2.24, 2.45) is 0 Å². The van der Waals surface area contributed by atoms with Gasteiger partial charge < -0.3 is 0 Å². The van der Waals surface area contributed by atoms with Gasteiger partial charge in [-0.1, -0.05) is 25.4 Å². The Bertz CT molecular complexity index is 811. The minimum atomic E-state index is -0.253. The van der Waals surface area contributed by atoms with Crippen LogP contribution in [-0.2, 0) is 0 Å². The van der Waals surface area contributed by atoms with E-state index in [-0.39, 0.29) is 5.82 Å². The van der Waals surface area contributed by atoms with Gasteiger partial charge in [0.15, 0.2) is 0 Å². The molecule has 0 saturated heterocycles. The van der Waals surface area contributed by atoms with E-state index in [0.29, 0.717) is 11.1 Å². The molecular formula is C18H17ClFN3. The zero-order valence-electron chi connectivity index (χ0n) is 13.0. The first-order valence-electron chi connectivity index (χ1n) is 7.56. The first-order chi connectivity index (χ1) is 11.1. The van der Waals surface area contributed by atoms with Crippen molar-refractivity contribution in [3.05, 3.63) is 65.3 Å². The number of hydrogen-bond acceptors (Lipinski definition) is 2. The number of pyridine rings is 1. The van der Waals surface area contributed by atoms with Crippen LogP contribution in [0.1, 0.15) is 31.9 Å². The Morgan fingerprint density at radius 3 is 2.57 bits per heavy atom. The summed E-state index contributed by atoms with van der Waals surface area (Å²) in [6, 6.07) is 12.1. The van der Waals surface area contributed by atoms with Crippen molar-refractivity contribution in [2.75, 3.05) is 0 Å². The summed E-state index contributed by atoms with van der Waals surface area (Å²) in [6.45, 7) is 4.30. The lowest BCUT2D eigenvalue weighted by Crippen LogP contribution is -2.05. The van der Waals surface area contributed by atoms with Gasteiger partial charge in [0.05, 0.1) is 11.4 Å². The van der Waals surface area contributed by atoms with Crippen molar-refractivity contribution in [1.29, 1.82) is 0 Å². The van der Waals surface area contributed by atoms with E-state index < -0.39 is 0 Å². The monoisotopic (exact) mass is 329 g/mol. The van der Waals surface area contributed by atoms with Crippen LogP contribution in [0, 0.1) is 5.82 Å². The molecule has 3 aromatic rings. The van der Waals surface area contributed by atoms with E-state index in [1.807, 2.05) is 10.7 Å². The summed E-state index contributed by atoms with van der Waals surface area (Å²) < 4.78 is 15.0. The molecule has 118 valence electrons. The van der Waals surface area contributed by atoms with Crippen molar-refractivity contribution < 1.29 is 4.39 Å². The summed E-state index contributed by atoms with van der Waals surface area (Å²) in [7, 11) is 0. The van der Waals surface area contributed by atoms with Gasteiger partial charge in [0.2, 0.25) is 0 Å². The minimum Gasteiger partial charge on any atom is -0.244 e. The molecule has 0 aliphatic rings. The Kier molecular flexibility index (Phi) is 4.44. The van der Waals surface area contributed by atoms with E-state index in [2.05, 4.69) is 24.9 Å². The fraction of sp³-hybridized carbons (Fsp3) is 0.222. The van der Waals surface area contributed by atoms with E-state index in [1.165, 1.54) is 12.1 Å². The molecule has 0 amide bonds. The van der Waals surface area contributed by atoms with Gasteiger partial charge in [-0.15, -0.1) is 0 Å². The summed E-state index contributed by atoms with van der Waals surface area (Å²) >= 11 is 6.01. The average molecular weight is 330 g/mol. The van der Waals surface area contributed by atoms with Gasteiger partial charge in [0.25, 0.3) is 0 Å². The Morgan fingerprint density at radius 1 is 1.17 bits per heavy atom. The quantitative estimate of drug-likeness (QED) is 0.613. The van der Waals surface area contributed by atoms with Gasteiger partial charge in [-0.25, -0.2) is 14.1 Å². The van der Waals surface area contributed by atoms with Crippen molar-refractivity contribution >= 4 is 11.6 Å². The van der Waals surface area contributed by atoms with Gasteiger partial charge in [-0.3, -0.25) is 0 Å². The molecule has 5 heteroatoms. The molecule has 0 N–H and O–H groups in total. The topological polar surface area (TPSA) is 30.7 Å². The standard InChI is InChI=1S/C18H17ClFN3/c1-3-12(2)17-11-16(13-4-6-14(20)7-5-13)22-23(17)15-8-9-21-18(19)10-15/h4-12H,3H2,1-2H3. The van der Waals surface area contributed by atoms with Gasteiger partial charge >= 0.3 is 0 Å². The first kappa shape index (κ1) is 15.7. The third-order valence-corrected chi connectivity index (χ3v) is 4.16. The fourth-order valence-electron chi connectivity index (χ4n) is 2.45. The molecule has 23 heavy (non-hydrogen) atoms. The normalized spacial score (nSPS) is 12.3. The number of rotatable bonds is 4. The van der Waals surface area contributed by atoms with Crippen LogP contribution in [0.4, 0.5) is 4.39 Å². The van der Waals surface area contributed by atoms with Gasteiger partial charge in [-0.05, 0) is 48.7 Å². The molecule has 1 atom stereocenters. The summed E-state index contributed by atoms with van der Waals surface area (Å²) in [5.41, 5.74) is 3.66. The first-order valence-corrected chi connectivity index (χ1v) is 7.94. The Morgan fingerprint density at radius 2 is 1.91 bits per heavy atom. The maximum absolute atomic E-state index is 13.1. The highest BCUT2D eigenvalue weighted by molar-refractivity contribution is 6.29. The molecule has 3 rings (SSSR count). The third-order valence-electron chi connectivity index (χ3n) is 3.95. The van der Waals surface area contributed by atoms with Crippen LogP contribution in [0.15, 0.2) is 48.7 Å². The summed E-state index contributed by atoms with van der Waals surface area (Å²) in [5.74, 6) is 0.0832. The average Bonchev–Trinajstić information content (AvgIpc) is 3.00. The van der Waals surface area contributed by atoms with E-state index in [0.717, 1.165) is 29.1 Å². The van der Waals surface area contributed by atoms with Crippen LogP contribution in [0.3, 0.4) is 0 Å². The van der Waals surface area contributed by atoms with Crippen LogP contribution in [0.2, 0.25) is 5.15 Å². The summed E-state index contributed by atoms with van der Waals surface area (Å²) in [6.07, 6.45) is 2.66. The lowest BCUT2D eigenvalue weighted by Gasteiger charge is -2.12.